The first-order valence-electron chi connectivity index (χ1n) is 8.54. The van der Waals surface area contributed by atoms with Crippen molar-refractivity contribution in [3.05, 3.63) is 24.3 Å². The zero-order chi connectivity index (χ0) is 20.4. The smallest absolute Gasteiger partial charge is 0.325 e. The summed E-state index contributed by atoms with van der Waals surface area (Å²) in [4.78, 5) is 37.8. The second-order valence-corrected chi connectivity index (χ2v) is 8.62. The van der Waals surface area contributed by atoms with Crippen LogP contribution in [0.3, 0.4) is 0 Å². The van der Waals surface area contributed by atoms with E-state index in [9.17, 15) is 22.8 Å². The van der Waals surface area contributed by atoms with Crippen LogP contribution in [0.25, 0.3) is 0 Å². The van der Waals surface area contributed by atoms with Crippen LogP contribution in [0.15, 0.2) is 29.2 Å². The van der Waals surface area contributed by atoms with E-state index >= 15 is 0 Å². The fraction of sp³-hybridized carbons (Fsp3) is 0.471. The van der Waals surface area contributed by atoms with Crippen molar-refractivity contribution < 1.29 is 22.8 Å². The highest BCUT2D eigenvalue weighted by Crippen LogP contribution is 2.25. The molecule has 0 bridgehead atoms. The van der Waals surface area contributed by atoms with E-state index in [1.54, 1.807) is 13.8 Å². The van der Waals surface area contributed by atoms with Crippen molar-refractivity contribution in [1.82, 2.24) is 14.5 Å². The number of hydrogen-bond donors (Lipinski definition) is 2. The third kappa shape index (κ3) is 3.96. The summed E-state index contributed by atoms with van der Waals surface area (Å²) in [5.74, 6) is -0.968. The molecule has 10 heteroatoms. The fourth-order valence-corrected chi connectivity index (χ4v) is 3.72. The lowest BCUT2D eigenvalue weighted by atomic mass is 9.93. The lowest BCUT2D eigenvalue weighted by Gasteiger charge is -2.23. The third-order valence-corrected chi connectivity index (χ3v) is 6.50. The average molecular weight is 396 g/mol. The van der Waals surface area contributed by atoms with Gasteiger partial charge in [-0.25, -0.2) is 17.5 Å². The van der Waals surface area contributed by atoms with Crippen molar-refractivity contribution >= 4 is 33.6 Å². The van der Waals surface area contributed by atoms with Gasteiger partial charge in [-0.05, 0) is 37.1 Å². The number of imide groups is 1. The zero-order valence-corrected chi connectivity index (χ0v) is 16.6. The summed E-state index contributed by atoms with van der Waals surface area (Å²) in [5, 5.41) is 5.22. The van der Waals surface area contributed by atoms with E-state index in [0.29, 0.717) is 18.5 Å². The Morgan fingerprint density at radius 2 is 1.70 bits per heavy atom. The van der Waals surface area contributed by atoms with Crippen molar-refractivity contribution in [3.63, 3.8) is 0 Å². The maximum absolute atomic E-state index is 12.5. The Morgan fingerprint density at radius 3 is 2.15 bits per heavy atom. The molecule has 2 N–H and O–H groups in total. The van der Waals surface area contributed by atoms with E-state index in [4.69, 9.17) is 0 Å². The van der Waals surface area contributed by atoms with Crippen LogP contribution >= 0.6 is 0 Å². The maximum atomic E-state index is 12.5. The molecule has 2 rings (SSSR count). The van der Waals surface area contributed by atoms with Crippen LogP contribution in [0.4, 0.5) is 10.5 Å². The molecule has 0 aliphatic carbocycles. The molecular formula is C17H24N4O5S. The number of rotatable bonds is 7. The number of carbonyl (C=O) groups is 3. The molecule has 9 nitrogen and oxygen atoms in total. The van der Waals surface area contributed by atoms with Crippen molar-refractivity contribution in [2.45, 2.75) is 37.1 Å². The van der Waals surface area contributed by atoms with Crippen molar-refractivity contribution in [1.29, 1.82) is 0 Å². The van der Waals surface area contributed by atoms with E-state index in [1.807, 2.05) is 0 Å². The number of sulfonamides is 1. The fourth-order valence-electron chi connectivity index (χ4n) is 2.81. The van der Waals surface area contributed by atoms with Crippen LogP contribution in [-0.2, 0) is 19.6 Å². The highest BCUT2D eigenvalue weighted by Gasteiger charge is 2.49. The molecule has 0 spiro atoms. The monoisotopic (exact) mass is 396 g/mol. The van der Waals surface area contributed by atoms with Gasteiger partial charge in [0.15, 0.2) is 0 Å². The van der Waals surface area contributed by atoms with E-state index in [2.05, 4.69) is 10.6 Å². The molecular weight excluding hydrogens is 372 g/mol. The molecule has 1 aliphatic heterocycles. The van der Waals surface area contributed by atoms with Gasteiger partial charge in [0.05, 0.1) is 4.90 Å². The minimum Gasteiger partial charge on any atom is -0.325 e. The van der Waals surface area contributed by atoms with Gasteiger partial charge in [-0.2, -0.15) is 0 Å². The number of nitrogens with zero attached hydrogens (tertiary/aromatic N) is 2. The summed E-state index contributed by atoms with van der Waals surface area (Å²) in [6, 6.07) is 5.05. The van der Waals surface area contributed by atoms with Gasteiger partial charge in [0.25, 0.3) is 5.91 Å². The summed E-state index contributed by atoms with van der Waals surface area (Å²) in [7, 11) is -0.707. The number of amides is 4. The topological polar surface area (TPSA) is 116 Å². The largest absolute Gasteiger partial charge is 0.325 e. The number of benzene rings is 1. The number of hydrogen-bond acceptors (Lipinski definition) is 5. The molecule has 0 unspecified atom stereocenters. The predicted octanol–water partition coefficient (Wildman–Crippen LogP) is 0.986. The Morgan fingerprint density at radius 1 is 1.15 bits per heavy atom. The summed E-state index contributed by atoms with van der Waals surface area (Å²) < 4.78 is 25.2. The number of urea groups is 1. The number of carbonyl (C=O) groups excluding carboxylic acids is 3. The highest BCUT2D eigenvalue weighted by atomic mass is 32.2. The minimum atomic E-state index is -3.56. The van der Waals surface area contributed by atoms with Crippen LogP contribution in [-0.4, -0.2) is 61.6 Å². The van der Waals surface area contributed by atoms with Gasteiger partial charge in [-0.15, -0.1) is 0 Å². The van der Waals surface area contributed by atoms with Gasteiger partial charge >= 0.3 is 6.03 Å². The third-order valence-electron chi connectivity index (χ3n) is 4.67. The average Bonchev–Trinajstić information content (AvgIpc) is 2.86. The van der Waals surface area contributed by atoms with Gasteiger partial charge in [0.1, 0.15) is 12.1 Å². The second kappa shape index (κ2) is 7.65. The Labute approximate surface area is 158 Å². The zero-order valence-electron chi connectivity index (χ0n) is 15.8. The van der Waals surface area contributed by atoms with Gasteiger partial charge in [0, 0.05) is 19.8 Å². The summed E-state index contributed by atoms with van der Waals surface area (Å²) >= 11 is 0. The Kier molecular flexibility index (Phi) is 5.91. The van der Waals surface area contributed by atoms with Crippen molar-refractivity contribution in [2.24, 2.45) is 0 Å². The van der Waals surface area contributed by atoms with E-state index in [0.717, 1.165) is 9.21 Å². The predicted molar refractivity (Wildman–Crippen MR) is 99.5 cm³/mol. The Bertz CT molecular complexity index is 845. The molecule has 0 saturated carbocycles. The van der Waals surface area contributed by atoms with Crippen LogP contribution < -0.4 is 10.6 Å². The van der Waals surface area contributed by atoms with E-state index in [1.165, 1.54) is 38.4 Å². The van der Waals surface area contributed by atoms with Gasteiger partial charge in [-0.3, -0.25) is 14.5 Å². The Balaban J connectivity index is 2.06. The van der Waals surface area contributed by atoms with Crippen LogP contribution in [0, 0.1) is 0 Å². The SMILES string of the molecule is CCC1(CC)NC(=O)N(CC(=O)Nc2ccc(S(=O)(=O)N(C)C)cc2)C1=O. The molecule has 0 atom stereocenters. The number of nitrogens with one attached hydrogen (secondary N) is 2. The molecule has 1 saturated heterocycles. The molecule has 148 valence electrons. The van der Waals surface area contributed by atoms with Gasteiger partial charge < -0.3 is 10.6 Å². The lowest BCUT2D eigenvalue weighted by molar-refractivity contribution is -0.134. The summed E-state index contributed by atoms with van der Waals surface area (Å²) in [5.41, 5.74) is -0.596. The van der Waals surface area contributed by atoms with Crippen LogP contribution in [0.1, 0.15) is 26.7 Å². The molecule has 0 aromatic heterocycles. The second-order valence-electron chi connectivity index (χ2n) is 6.47. The van der Waals surface area contributed by atoms with Crippen molar-refractivity contribution in [2.75, 3.05) is 26.0 Å². The molecule has 27 heavy (non-hydrogen) atoms. The Hall–Kier alpha value is -2.46. The molecule has 4 amide bonds. The minimum absolute atomic E-state index is 0.0928. The standard InChI is InChI=1S/C17H24N4O5S/c1-5-17(6-2)15(23)21(16(24)19-17)11-14(22)18-12-7-9-13(10-8-12)27(25,26)20(3)4/h7-10H,5-6,11H2,1-4H3,(H,18,22)(H,19,24). The van der Waals surface area contributed by atoms with Gasteiger partial charge in [0.2, 0.25) is 15.9 Å². The highest BCUT2D eigenvalue weighted by molar-refractivity contribution is 7.89. The summed E-state index contributed by atoms with van der Waals surface area (Å²) in [6.07, 6.45) is 0.877. The molecule has 1 aromatic carbocycles. The first-order chi connectivity index (χ1) is 12.6. The van der Waals surface area contributed by atoms with Crippen LogP contribution in [0.2, 0.25) is 0 Å². The van der Waals surface area contributed by atoms with E-state index < -0.39 is 40.0 Å². The normalized spacial score (nSPS) is 16.6. The first-order valence-corrected chi connectivity index (χ1v) is 9.98. The first kappa shape index (κ1) is 20.8. The lowest BCUT2D eigenvalue weighted by Crippen LogP contribution is -2.46. The maximum Gasteiger partial charge on any atom is 0.325 e. The molecule has 0 radical (unpaired) electrons. The quantitative estimate of drug-likeness (QED) is 0.667. The molecule has 1 aliphatic rings. The van der Waals surface area contributed by atoms with E-state index in [-0.39, 0.29) is 4.90 Å². The molecule has 1 aromatic rings. The van der Waals surface area contributed by atoms with Gasteiger partial charge in [-0.1, -0.05) is 13.8 Å². The van der Waals surface area contributed by atoms with Crippen molar-refractivity contribution in [3.8, 4) is 0 Å². The molecule has 1 heterocycles. The molecule has 1 fully saturated rings. The number of anilines is 1. The van der Waals surface area contributed by atoms with Crippen LogP contribution in [0.5, 0.6) is 0 Å². The summed E-state index contributed by atoms with van der Waals surface area (Å²) in [6.45, 7) is 3.19.